The van der Waals surface area contributed by atoms with E-state index in [1.54, 1.807) is 29.2 Å². The number of hydrogen-bond donors (Lipinski definition) is 1. The topological polar surface area (TPSA) is 50.9 Å². The highest BCUT2D eigenvalue weighted by Crippen LogP contribution is 2.33. The largest absolute Gasteiger partial charge is 0.372 e. The van der Waals surface area contributed by atoms with Crippen molar-refractivity contribution in [3.05, 3.63) is 96.7 Å². The number of hydrogen-bond acceptors (Lipinski definition) is 3. The normalized spacial score (nSPS) is 13.2. The zero-order valence-corrected chi connectivity index (χ0v) is 16.1. The van der Waals surface area contributed by atoms with Crippen molar-refractivity contribution in [2.45, 2.75) is 25.5 Å². The molecule has 29 heavy (non-hydrogen) atoms. The Morgan fingerprint density at radius 1 is 0.931 bits per heavy atom. The molecule has 2 atom stereocenters. The molecule has 5 heteroatoms. The average Bonchev–Trinajstić information content (AvgIpc) is 3.21. The van der Waals surface area contributed by atoms with Crippen molar-refractivity contribution < 1.29 is 9.50 Å². The fourth-order valence-electron chi connectivity index (χ4n) is 3.45. The van der Waals surface area contributed by atoms with E-state index in [9.17, 15) is 9.50 Å². The van der Waals surface area contributed by atoms with Gasteiger partial charge in [0.15, 0.2) is 0 Å². The first-order valence-corrected chi connectivity index (χ1v) is 9.60. The second-order valence-corrected chi connectivity index (χ2v) is 7.14. The van der Waals surface area contributed by atoms with E-state index in [1.165, 1.54) is 17.7 Å². The van der Waals surface area contributed by atoms with Crippen molar-refractivity contribution in [1.82, 2.24) is 14.8 Å². The smallest absolute Gasteiger partial charge is 0.147 e. The minimum atomic E-state index is -0.778. The van der Waals surface area contributed by atoms with Crippen LogP contribution >= 0.6 is 0 Å². The summed E-state index contributed by atoms with van der Waals surface area (Å²) in [5, 5.41) is 15.5. The molecule has 0 aliphatic heterocycles. The minimum Gasteiger partial charge on any atom is -0.372 e. The fraction of sp³-hybridized carbons (Fsp3) is 0.167. The van der Waals surface area contributed by atoms with Crippen LogP contribution < -0.4 is 0 Å². The first-order chi connectivity index (χ1) is 14.1. The molecular weight excluding hydrogens is 365 g/mol. The maximum absolute atomic E-state index is 13.4. The second-order valence-electron chi connectivity index (χ2n) is 7.14. The second kappa shape index (κ2) is 8.37. The number of pyridine rings is 1. The predicted octanol–water partition coefficient (Wildman–Crippen LogP) is 5.44. The van der Waals surface area contributed by atoms with Gasteiger partial charge < -0.3 is 5.11 Å². The summed E-state index contributed by atoms with van der Waals surface area (Å²) < 4.78 is 15.0. The SMILES string of the molecule is CC(CC(O)n1cc(-c2ccncc2)c(-c2ccc(F)cc2)n1)c1ccccc1. The minimum absolute atomic E-state index is 0.175. The predicted molar refractivity (Wildman–Crippen MR) is 112 cm³/mol. The molecular formula is C24H22FN3O. The molecule has 0 amide bonds. The monoisotopic (exact) mass is 387 g/mol. The Balaban J connectivity index is 1.68. The number of aliphatic hydroxyl groups is 1. The summed E-state index contributed by atoms with van der Waals surface area (Å²) in [6, 6.07) is 20.1. The lowest BCUT2D eigenvalue weighted by molar-refractivity contribution is 0.0756. The van der Waals surface area contributed by atoms with Crippen LogP contribution in [0.15, 0.2) is 85.3 Å². The van der Waals surface area contributed by atoms with Crippen molar-refractivity contribution in [2.75, 3.05) is 0 Å². The van der Waals surface area contributed by atoms with Gasteiger partial charge in [-0.2, -0.15) is 5.10 Å². The molecule has 0 saturated heterocycles. The van der Waals surface area contributed by atoms with E-state index >= 15 is 0 Å². The molecule has 4 rings (SSSR count). The number of benzene rings is 2. The van der Waals surface area contributed by atoms with Crippen molar-refractivity contribution in [1.29, 1.82) is 0 Å². The molecule has 0 bridgehead atoms. The molecule has 146 valence electrons. The van der Waals surface area contributed by atoms with E-state index in [0.717, 1.165) is 16.7 Å². The van der Waals surface area contributed by atoms with Gasteiger partial charge in [-0.25, -0.2) is 9.07 Å². The van der Waals surface area contributed by atoms with Crippen LogP contribution in [-0.4, -0.2) is 19.9 Å². The number of rotatable bonds is 6. The molecule has 0 fully saturated rings. The summed E-state index contributed by atoms with van der Waals surface area (Å²) in [4.78, 5) is 4.07. The maximum atomic E-state index is 13.4. The highest BCUT2D eigenvalue weighted by Gasteiger charge is 2.19. The number of aliphatic hydroxyl groups excluding tert-OH is 1. The molecule has 4 nitrogen and oxygen atoms in total. The van der Waals surface area contributed by atoms with Gasteiger partial charge in [-0.15, -0.1) is 0 Å². The summed E-state index contributed by atoms with van der Waals surface area (Å²) in [6.45, 7) is 2.09. The van der Waals surface area contributed by atoms with Gasteiger partial charge in [-0.3, -0.25) is 4.98 Å². The first kappa shape index (κ1) is 19.0. The van der Waals surface area contributed by atoms with Crippen LogP contribution in [0.3, 0.4) is 0 Å². The highest BCUT2D eigenvalue weighted by molar-refractivity contribution is 5.80. The van der Waals surface area contributed by atoms with Crippen LogP contribution in [0.5, 0.6) is 0 Å². The van der Waals surface area contributed by atoms with Crippen LogP contribution in [0, 0.1) is 5.82 Å². The molecule has 0 saturated carbocycles. The number of halogens is 1. The quantitative estimate of drug-likeness (QED) is 0.479. The van der Waals surface area contributed by atoms with Crippen LogP contribution in [0.4, 0.5) is 4.39 Å². The Morgan fingerprint density at radius 2 is 1.62 bits per heavy atom. The Morgan fingerprint density at radius 3 is 2.31 bits per heavy atom. The van der Waals surface area contributed by atoms with Crippen LogP contribution in [0.2, 0.25) is 0 Å². The Kier molecular flexibility index (Phi) is 5.49. The van der Waals surface area contributed by atoms with Crippen molar-refractivity contribution in [3.8, 4) is 22.4 Å². The molecule has 2 heterocycles. The molecule has 0 aliphatic rings. The van der Waals surface area contributed by atoms with E-state index in [4.69, 9.17) is 0 Å². The van der Waals surface area contributed by atoms with Gasteiger partial charge >= 0.3 is 0 Å². The van der Waals surface area contributed by atoms with Gasteiger partial charge in [0, 0.05) is 36.1 Å². The summed E-state index contributed by atoms with van der Waals surface area (Å²) in [7, 11) is 0. The van der Waals surface area contributed by atoms with Crippen LogP contribution in [0.25, 0.3) is 22.4 Å². The number of nitrogens with zero attached hydrogens (tertiary/aromatic N) is 3. The average molecular weight is 387 g/mol. The van der Waals surface area contributed by atoms with Crippen molar-refractivity contribution in [2.24, 2.45) is 0 Å². The van der Waals surface area contributed by atoms with Gasteiger partial charge in [-0.05, 0) is 53.4 Å². The third-order valence-electron chi connectivity index (χ3n) is 5.08. The van der Waals surface area contributed by atoms with E-state index in [1.807, 2.05) is 36.5 Å². The molecule has 4 aromatic rings. The van der Waals surface area contributed by atoms with Gasteiger partial charge in [0.25, 0.3) is 0 Å². The molecule has 2 aromatic heterocycles. The fourth-order valence-corrected chi connectivity index (χ4v) is 3.45. The lowest BCUT2D eigenvalue weighted by Crippen LogP contribution is -2.12. The van der Waals surface area contributed by atoms with Gasteiger partial charge in [-0.1, -0.05) is 37.3 Å². The Hall–Kier alpha value is -3.31. The molecule has 1 N–H and O–H groups in total. The standard InChI is InChI=1S/C24H22FN3O/c1-17(18-5-3-2-4-6-18)15-23(29)28-16-22(19-11-13-26-14-12-19)24(27-28)20-7-9-21(25)10-8-20/h2-14,16-17,23,29H,15H2,1H3. The van der Waals surface area contributed by atoms with E-state index in [2.05, 4.69) is 29.1 Å². The molecule has 0 radical (unpaired) electrons. The van der Waals surface area contributed by atoms with Gasteiger partial charge in [0.2, 0.25) is 0 Å². The third kappa shape index (κ3) is 4.25. The molecule has 2 aromatic carbocycles. The maximum Gasteiger partial charge on any atom is 0.147 e. The molecule has 0 aliphatic carbocycles. The molecule has 2 unspecified atom stereocenters. The zero-order valence-electron chi connectivity index (χ0n) is 16.1. The van der Waals surface area contributed by atoms with Gasteiger partial charge in [0.1, 0.15) is 17.7 Å². The van der Waals surface area contributed by atoms with Crippen LogP contribution in [-0.2, 0) is 0 Å². The summed E-state index contributed by atoms with van der Waals surface area (Å²) >= 11 is 0. The van der Waals surface area contributed by atoms with E-state index < -0.39 is 6.23 Å². The molecule has 0 spiro atoms. The lowest BCUT2D eigenvalue weighted by Gasteiger charge is -2.17. The third-order valence-corrected chi connectivity index (χ3v) is 5.08. The van der Waals surface area contributed by atoms with E-state index in [-0.39, 0.29) is 11.7 Å². The summed E-state index contributed by atoms with van der Waals surface area (Å²) in [5.74, 6) is -0.121. The van der Waals surface area contributed by atoms with Crippen molar-refractivity contribution in [3.63, 3.8) is 0 Å². The summed E-state index contributed by atoms with van der Waals surface area (Å²) in [6.07, 6.45) is 5.03. The zero-order chi connectivity index (χ0) is 20.2. The van der Waals surface area contributed by atoms with E-state index in [0.29, 0.717) is 12.1 Å². The van der Waals surface area contributed by atoms with Crippen molar-refractivity contribution >= 4 is 0 Å². The Labute approximate surface area is 169 Å². The Bertz CT molecular complexity index is 1060. The van der Waals surface area contributed by atoms with Crippen LogP contribution in [0.1, 0.15) is 31.1 Å². The number of aromatic nitrogens is 3. The highest BCUT2D eigenvalue weighted by atomic mass is 19.1. The first-order valence-electron chi connectivity index (χ1n) is 9.60. The summed E-state index contributed by atoms with van der Waals surface area (Å²) in [5.41, 5.74) is 4.47. The lowest BCUT2D eigenvalue weighted by atomic mass is 9.97. The van der Waals surface area contributed by atoms with Gasteiger partial charge in [0.05, 0.1) is 0 Å².